The Morgan fingerprint density at radius 3 is 3.00 bits per heavy atom. The summed E-state index contributed by atoms with van der Waals surface area (Å²) in [6.45, 7) is 3.78. The Morgan fingerprint density at radius 1 is 1.62 bits per heavy atom. The van der Waals surface area contributed by atoms with Crippen LogP contribution in [0.5, 0.6) is 0 Å². The smallest absolute Gasteiger partial charge is 0.229 e. The van der Waals surface area contributed by atoms with Crippen LogP contribution in [0.25, 0.3) is 0 Å². The van der Waals surface area contributed by atoms with Gasteiger partial charge in [-0.3, -0.25) is 0 Å². The van der Waals surface area contributed by atoms with Crippen molar-refractivity contribution in [2.75, 3.05) is 5.75 Å². The number of aliphatic hydroxyl groups excluding tert-OH is 1. The molecule has 0 aliphatic heterocycles. The fourth-order valence-corrected chi connectivity index (χ4v) is 1.38. The minimum Gasteiger partial charge on any atom is -0.393 e. The van der Waals surface area contributed by atoms with Crippen molar-refractivity contribution in [2.45, 2.75) is 32.1 Å². The summed E-state index contributed by atoms with van der Waals surface area (Å²) in [6, 6.07) is 0. The lowest BCUT2D eigenvalue weighted by molar-refractivity contribution is 0.181. The summed E-state index contributed by atoms with van der Waals surface area (Å²) in [4.78, 5) is 4.13. The monoisotopic (exact) mass is 202 g/mol. The van der Waals surface area contributed by atoms with E-state index in [2.05, 4.69) is 17.1 Å². The fourth-order valence-electron chi connectivity index (χ4n) is 0.878. The van der Waals surface area contributed by atoms with Gasteiger partial charge in [-0.15, -0.1) is 0 Å². The molecule has 1 atom stereocenters. The van der Waals surface area contributed by atoms with E-state index in [-0.39, 0.29) is 0 Å². The molecule has 5 heteroatoms. The Bertz CT molecular complexity index is 250. The third-order valence-electron chi connectivity index (χ3n) is 1.42. The summed E-state index contributed by atoms with van der Waals surface area (Å²) in [6.07, 6.45) is 0.0104. The van der Waals surface area contributed by atoms with Crippen LogP contribution in [0.3, 0.4) is 0 Å². The summed E-state index contributed by atoms with van der Waals surface area (Å²) in [7, 11) is 0. The quantitative estimate of drug-likeness (QED) is 0.778. The lowest BCUT2D eigenvalue weighted by Crippen LogP contribution is -2.04. The van der Waals surface area contributed by atoms with E-state index in [9.17, 15) is 0 Å². The molecule has 1 unspecified atom stereocenters. The van der Waals surface area contributed by atoms with Gasteiger partial charge in [-0.1, -0.05) is 12.1 Å². The number of aliphatic hydroxyl groups is 1. The molecule has 0 bridgehead atoms. The number of hydrogen-bond acceptors (Lipinski definition) is 5. The van der Waals surface area contributed by atoms with Crippen LogP contribution in [0.4, 0.5) is 0 Å². The molecule has 0 aromatic carbocycles. The Balaban J connectivity index is 2.44. The predicted molar refractivity (Wildman–Crippen MR) is 51.5 cm³/mol. The first-order valence-electron chi connectivity index (χ1n) is 4.29. The largest absolute Gasteiger partial charge is 0.393 e. The van der Waals surface area contributed by atoms with Crippen molar-refractivity contribution in [3.05, 3.63) is 11.7 Å². The Morgan fingerprint density at radius 2 is 2.38 bits per heavy atom. The first-order valence-corrected chi connectivity index (χ1v) is 5.45. The van der Waals surface area contributed by atoms with E-state index in [1.54, 1.807) is 18.7 Å². The van der Waals surface area contributed by atoms with Gasteiger partial charge in [-0.05, 0) is 12.7 Å². The summed E-state index contributed by atoms with van der Waals surface area (Å²) in [5.74, 6) is 3.05. The Hall–Kier alpha value is -0.550. The summed E-state index contributed by atoms with van der Waals surface area (Å²) >= 11 is 1.75. The number of hydrogen-bond donors (Lipinski definition) is 1. The second-order valence-corrected chi connectivity index (χ2v) is 4.07. The zero-order chi connectivity index (χ0) is 9.68. The molecule has 74 valence electrons. The van der Waals surface area contributed by atoms with Gasteiger partial charge in [0.2, 0.25) is 5.89 Å². The van der Waals surface area contributed by atoms with Crippen molar-refractivity contribution in [3.8, 4) is 0 Å². The molecule has 0 aliphatic carbocycles. The van der Waals surface area contributed by atoms with Crippen molar-refractivity contribution >= 4 is 11.8 Å². The number of rotatable bonds is 5. The van der Waals surface area contributed by atoms with Crippen molar-refractivity contribution < 1.29 is 9.63 Å². The summed E-state index contributed by atoms with van der Waals surface area (Å²) in [5, 5.41) is 12.8. The average Bonchev–Trinajstić information content (AvgIpc) is 2.48. The average molecular weight is 202 g/mol. The van der Waals surface area contributed by atoms with Crippen LogP contribution < -0.4 is 0 Å². The zero-order valence-corrected chi connectivity index (χ0v) is 8.67. The summed E-state index contributed by atoms with van der Waals surface area (Å²) < 4.78 is 4.94. The SMILES string of the molecule is CCSCc1noc(CC(C)O)n1. The summed E-state index contributed by atoms with van der Waals surface area (Å²) in [5.41, 5.74) is 0. The standard InChI is InChI=1S/C8H14N2O2S/c1-3-13-5-7-9-8(12-10-7)4-6(2)11/h6,11H,3-5H2,1-2H3. The van der Waals surface area contributed by atoms with Crippen molar-refractivity contribution in [2.24, 2.45) is 0 Å². The maximum Gasteiger partial charge on any atom is 0.229 e. The van der Waals surface area contributed by atoms with Gasteiger partial charge >= 0.3 is 0 Å². The predicted octanol–water partition coefficient (Wildman–Crippen LogP) is 1.25. The molecule has 0 fully saturated rings. The molecular weight excluding hydrogens is 188 g/mol. The van der Waals surface area contributed by atoms with Crippen LogP contribution in [-0.2, 0) is 12.2 Å². The molecular formula is C8H14N2O2S. The van der Waals surface area contributed by atoms with Gasteiger partial charge in [0, 0.05) is 0 Å². The van der Waals surface area contributed by atoms with Gasteiger partial charge in [-0.25, -0.2) is 0 Å². The highest BCUT2D eigenvalue weighted by Gasteiger charge is 2.08. The number of nitrogens with zero attached hydrogens (tertiary/aromatic N) is 2. The van der Waals surface area contributed by atoms with Crippen molar-refractivity contribution in [1.82, 2.24) is 10.1 Å². The number of thioether (sulfide) groups is 1. The van der Waals surface area contributed by atoms with Gasteiger partial charge in [-0.2, -0.15) is 16.7 Å². The third kappa shape index (κ3) is 3.78. The van der Waals surface area contributed by atoms with E-state index >= 15 is 0 Å². The topological polar surface area (TPSA) is 59.2 Å². The molecule has 1 N–H and O–H groups in total. The highest BCUT2D eigenvalue weighted by Crippen LogP contribution is 2.09. The van der Waals surface area contributed by atoms with Crippen LogP contribution in [0.1, 0.15) is 25.6 Å². The van der Waals surface area contributed by atoms with Crippen LogP contribution in [0.2, 0.25) is 0 Å². The second-order valence-electron chi connectivity index (χ2n) is 2.79. The normalized spacial score (nSPS) is 13.2. The molecule has 1 aromatic heterocycles. The maximum absolute atomic E-state index is 9.06. The molecule has 0 spiro atoms. The van der Waals surface area contributed by atoms with E-state index in [1.807, 2.05) is 0 Å². The molecule has 0 radical (unpaired) electrons. The van der Waals surface area contributed by atoms with Crippen LogP contribution in [0, 0.1) is 0 Å². The lowest BCUT2D eigenvalue weighted by Gasteiger charge is -1.95. The molecule has 0 amide bonds. The lowest BCUT2D eigenvalue weighted by atomic mass is 10.3. The van der Waals surface area contributed by atoms with Crippen LogP contribution in [-0.4, -0.2) is 27.1 Å². The maximum atomic E-state index is 9.06. The number of aromatic nitrogens is 2. The first-order chi connectivity index (χ1) is 6.22. The van der Waals surface area contributed by atoms with Gasteiger partial charge in [0.1, 0.15) is 0 Å². The van der Waals surface area contributed by atoms with Crippen LogP contribution in [0.15, 0.2) is 4.52 Å². The molecule has 0 saturated heterocycles. The molecule has 1 heterocycles. The highest BCUT2D eigenvalue weighted by atomic mass is 32.2. The van der Waals surface area contributed by atoms with E-state index in [0.29, 0.717) is 18.1 Å². The molecule has 4 nitrogen and oxygen atoms in total. The Labute approximate surface area is 81.7 Å². The second kappa shape index (κ2) is 5.24. The van der Waals surface area contributed by atoms with E-state index in [4.69, 9.17) is 9.63 Å². The van der Waals surface area contributed by atoms with Gasteiger partial charge in [0.05, 0.1) is 18.3 Å². The molecule has 13 heavy (non-hydrogen) atoms. The molecule has 0 saturated carbocycles. The van der Waals surface area contributed by atoms with E-state index in [0.717, 1.165) is 11.5 Å². The van der Waals surface area contributed by atoms with Crippen LogP contribution >= 0.6 is 11.8 Å². The van der Waals surface area contributed by atoms with E-state index < -0.39 is 6.10 Å². The Kier molecular flexibility index (Phi) is 4.24. The molecule has 1 rings (SSSR count). The van der Waals surface area contributed by atoms with Gasteiger partial charge < -0.3 is 9.63 Å². The first kappa shape index (κ1) is 10.5. The fraction of sp³-hybridized carbons (Fsp3) is 0.750. The minimum atomic E-state index is -0.424. The van der Waals surface area contributed by atoms with Crippen molar-refractivity contribution in [3.63, 3.8) is 0 Å². The minimum absolute atomic E-state index is 0.424. The zero-order valence-electron chi connectivity index (χ0n) is 7.86. The highest BCUT2D eigenvalue weighted by molar-refractivity contribution is 7.98. The van der Waals surface area contributed by atoms with Gasteiger partial charge in [0.25, 0.3) is 0 Å². The molecule has 0 aliphatic rings. The van der Waals surface area contributed by atoms with Crippen molar-refractivity contribution in [1.29, 1.82) is 0 Å². The third-order valence-corrected chi connectivity index (χ3v) is 2.29. The van der Waals surface area contributed by atoms with Gasteiger partial charge in [0.15, 0.2) is 5.82 Å². The molecule has 1 aromatic rings. The van der Waals surface area contributed by atoms with E-state index in [1.165, 1.54) is 0 Å².